The SMILES string of the molecule is COC(=O)Nc1cc(C)c(C(C)(C)C)cc1F. The van der Waals surface area contributed by atoms with Crippen molar-refractivity contribution < 1.29 is 13.9 Å². The lowest BCUT2D eigenvalue weighted by Crippen LogP contribution is -2.16. The van der Waals surface area contributed by atoms with Gasteiger partial charge in [-0.1, -0.05) is 20.8 Å². The zero-order valence-corrected chi connectivity index (χ0v) is 10.8. The summed E-state index contributed by atoms with van der Waals surface area (Å²) in [5, 5.41) is 2.34. The molecule has 94 valence electrons. The van der Waals surface area contributed by atoms with E-state index >= 15 is 0 Å². The number of amides is 1. The molecular weight excluding hydrogens is 221 g/mol. The van der Waals surface area contributed by atoms with Gasteiger partial charge in [-0.25, -0.2) is 9.18 Å². The summed E-state index contributed by atoms with van der Waals surface area (Å²) < 4.78 is 18.2. The minimum Gasteiger partial charge on any atom is -0.453 e. The van der Waals surface area contributed by atoms with Crippen molar-refractivity contribution in [3.8, 4) is 0 Å². The van der Waals surface area contributed by atoms with Gasteiger partial charge in [0.25, 0.3) is 0 Å². The van der Waals surface area contributed by atoms with Gasteiger partial charge in [-0.05, 0) is 35.6 Å². The molecule has 4 heteroatoms. The maximum absolute atomic E-state index is 13.8. The highest BCUT2D eigenvalue weighted by atomic mass is 19.1. The van der Waals surface area contributed by atoms with Crippen LogP contribution in [0.2, 0.25) is 0 Å². The summed E-state index contributed by atoms with van der Waals surface area (Å²) in [6.07, 6.45) is -0.674. The number of hydrogen-bond donors (Lipinski definition) is 1. The van der Waals surface area contributed by atoms with Crippen LogP contribution in [0.3, 0.4) is 0 Å². The molecule has 1 N–H and O–H groups in total. The van der Waals surface area contributed by atoms with Crippen molar-refractivity contribution in [3.63, 3.8) is 0 Å². The Balaban J connectivity index is 3.14. The minimum absolute atomic E-state index is 0.130. The molecule has 1 amide bonds. The first-order valence-corrected chi connectivity index (χ1v) is 5.41. The van der Waals surface area contributed by atoms with E-state index in [1.807, 2.05) is 27.7 Å². The van der Waals surface area contributed by atoms with Crippen molar-refractivity contribution in [1.82, 2.24) is 0 Å². The summed E-state index contributed by atoms with van der Waals surface area (Å²) >= 11 is 0. The molecule has 0 fully saturated rings. The topological polar surface area (TPSA) is 38.3 Å². The Morgan fingerprint density at radius 2 is 1.94 bits per heavy atom. The predicted octanol–water partition coefficient (Wildman–Crippen LogP) is 3.61. The van der Waals surface area contributed by atoms with Gasteiger partial charge in [0.15, 0.2) is 0 Å². The van der Waals surface area contributed by atoms with Crippen LogP contribution in [0.1, 0.15) is 31.9 Å². The molecule has 0 aliphatic carbocycles. The molecule has 1 aromatic rings. The maximum atomic E-state index is 13.8. The fourth-order valence-corrected chi connectivity index (χ4v) is 1.75. The Labute approximate surface area is 101 Å². The Morgan fingerprint density at radius 1 is 1.35 bits per heavy atom. The van der Waals surface area contributed by atoms with E-state index < -0.39 is 11.9 Å². The van der Waals surface area contributed by atoms with Crippen LogP contribution in [0.25, 0.3) is 0 Å². The molecule has 0 unspecified atom stereocenters. The number of hydrogen-bond acceptors (Lipinski definition) is 2. The summed E-state index contributed by atoms with van der Waals surface area (Å²) in [7, 11) is 1.24. The zero-order chi connectivity index (χ0) is 13.2. The number of methoxy groups -OCH3 is 1. The first kappa shape index (κ1) is 13.5. The average Bonchev–Trinajstić information content (AvgIpc) is 2.21. The fraction of sp³-hybridized carbons (Fsp3) is 0.462. The van der Waals surface area contributed by atoms with Crippen molar-refractivity contribution >= 4 is 11.8 Å². The van der Waals surface area contributed by atoms with Crippen LogP contribution in [-0.2, 0) is 10.2 Å². The fourth-order valence-electron chi connectivity index (χ4n) is 1.75. The van der Waals surface area contributed by atoms with E-state index in [0.717, 1.165) is 11.1 Å². The minimum atomic E-state index is -0.674. The molecule has 0 aromatic heterocycles. The normalized spacial score (nSPS) is 11.2. The number of carbonyl (C=O) groups is 1. The van der Waals surface area contributed by atoms with Crippen molar-refractivity contribution in [2.45, 2.75) is 33.1 Å². The quantitative estimate of drug-likeness (QED) is 0.813. The largest absolute Gasteiger partial charge is 0.453 e. The van der Waals surface area contributed by atoms with Gasteiger partial charge in [0, 0.05) is 0 Å². The molecule has 0 saturated heterocycles. The number of anilines is 1. The molecule has 0 bridgehead atoms. The number of ether oxygens (including phenoxy) is 1. The van der Waals surface area contributed by atoms with Gasteiger partial charge in [-0.3, -0.25) is 5.32 Å². The molecule has 0 spiro atoms. The van der Waals surface area contributed by atoms with E-state index in [2.05, 4.69) is 10.1 Å². The smallest absolute Gasteiger partial charge is 0.411 e. The zero-order valence-electron chi connectivity index (χ0n) is 10.8. The molecule has 0 saturated carbocycles. The van der Waals surface area contributed by atoms with E-state index in [0.29, 0.717) is 0 Å². The average molecular weight is 239 g/mol. The summed E-state index contributed by atoms with van der Waals surface area (Å²) in [4.78, 5) is 11.0. The molecule has 17 heavy (non-hydrogen) atoms. The first-order valence-electron chi connectivity index (χ1n) is 5.41. The number of carbonyl (C=O) groups excluding carboxylic acids is 1. The van der Waals surface area contributed by atoms with E-state index in [1.54, 1.807) is 6.07 Å². The highest BCUT2D eigenvalue weighted by Gasteiger charge is 2.19. The number of rotatable bonds is 1. The Morgan fingerprint density at radius 3 is 2.41 bits per heavy atom. The van der Waals surface area contributed by atoms with Crippen LogP contribution in [-0.4, -0.2) is 13.2 Å². The van der Waals surface area contributed by atoms with Crippen LogP contribution < -0.4 is 5.32 Å². The van der Waals surface area contributed by atoms with Gasteiger partial charge in [0.05, 0.1) is 12.8 Å². The van der Waals surface area contributed by atoms with E-state index in [-0.39, 0.29) is 11.1 Å². The third-order valence-corrected chi connectivity index (χ3v) is 2.54. The van der Waals surface area contributed by atoms with Crippen LogP contribution >= 0.6 is 0 Å². The second-order valence-electron chi connectivity index (χ2n) is 5.01. The lowest BCUT2D eigenvalue weighted by atomic mass is 9.84. The lowest BCUT2D eigenvalue weighted by molar-refractivity contribution is 0.187. The Hall–Kier alpha value is -1.58. The Bertz CT molecular complexity index is 436. The lowest BCUT2D eigenvalue weighted by Gasteiger charge is -2.22. The Kier molecular flexibility index (Phi) is 3.76. The molecule has 1 rings (SSSR count). The molecule has 0 aliphatic heterocycles. The molecule has 1 aromatic carbocycles. The van der Waals surface area contributed by atoms with Crippen molar-refractivity contribution in [3.05, 3.63) is 29.1 Å². The number of halogens is 1. The molecule has 0 atom stereocenters. The molecule has 3 nitrogen and oxygen atoms in total. The number of nitrogens with one attached hydrogen (secondary N) is 1. The second-order valence-corrected chi connectivity index (χ2v) is 5.01. The van der Waals surface area contributed by atoms with Gasteiger partial charge < -0.3 is 4.74 Å². The van der Waals surface area contributed by atoms with Gasteiger partial charge in [-0.15, -0.1) is 0 Å². The van der Waals surface area contributed by atoms with Gasteiger partial charge in [0.2, 0.25) is 0 Å². The summed E-state index contributed by atoms with van der Waals surface area (Å²) in [5.41, 5.74) is 1.87. The van der Waals surface area contributed by atoms with Crippen LogP contribution in [0, 0.1) is 12.7 Å². The third kappa shape index (κ3) is 3.19. The van der Waals surface area contributed by atoms with Gasteiger partial charge >= 0.3 is 6.09 Å². The standard InChI is InChI=1S/C13H18FNO2/c1-8-6-11(15-12(16)17-5)10(14)7-9(8)13(2,3)4/h6-7H,1-5H3,(H,15,16). The van der Waals surface area contributed by atoms with Crippen molar-refractivity contribution in [1.29, 1.82) is 0 Å². The molecule has 0 heterocycles. The van der Waals surface area contributed by atoms with E-state index in [4.69, 9.17) is 0 Å². The number of aryl methyl sites for hydroxylation is 1. The monoisotopic (exact) mass is 239 g/mol. The van der Waals surface area contributed by atoms with Gasteiger partial charge in [0.1, 0.15) is 5.82 Å². The maximum Gasteiger partial charge on any atom is 0.411 e. The summed E-state index contributed by atoms with van der Waals surface area (Å²) in [6, 6.07) is 3.08. The van der Waals surface area contributed by atoms with Crippen LogP contribution in [0.4, 0.5) is 14.9 Å². The number of benzene rings is 1. The summed E-state index contributed by atoms with van der Waals surface area (Å²) in [5.74, 6) is -0.453. The third-order valence-electron chi connectivity index (χ3n) is 2.54. The van der Waals surface area contributed by atoms with E-state index in [1.165, 1.54) is 13.2 Å². The highest BCUT2D eigenvalue weighted by molar-refractivity contribution is 5.84. The van der Waals surface area contributed by atoms with Crippen LogP contribution in [0.15, 0.2) is 12.1 Å². The van der Waals surface area contributed by atoms with Crippen molar-refractivity contribution in [2.24, 2.45) is 0 Å². The van der Waals surface area contributed by atoms with Gasteiger partial charge in [-0.2, -0.15) is 0 Å². The molecule has 0 aliphatic rings. The summed E-state index contributed by atoms with van der Waals surface area (Å²) in [6.45, 7) is 7.94. The molecular formula is C13H18FNO2. The van der Waals surface area contributed by atoms with Crippen LogP contribution in [0.5, 0.6) is 0 Å². The van der Waals surface area contributed by atoms with Crippen molar-refractivity contribution in [2.75, 3.05) is 12.4 Å². The highest BCUT2D eigenvalue weighted by Crippen LogP contribution is 2.29. The first-order chi connectivity index (χ1) is 7.75. The van der Waals surface area contributed by atoms with E-state index in [9.17, 15) is 9.18 Å². The molecule has 0 radical (unpaired) electrons. The second kappa shape index (κ2) is 4.73. The predicted molar refractivity (Wildman–Crippen MR) is 65.9 cm³/mol.